The molecule has 0 amide bonds. The number of carbonyl (C=O) groups is 1. The van der Waals surface area contributed by atoms with Gasteiger partial charge < -0.3 is 20.2 Å². The Hall–Kier alpha value is -2.09. The smallest absolute Gasteiger partial charge is 0.309 e. The number of hydrogen-bond acceptors (Lipinski definition) is 6. The Morgan fingerprint density at radius 2 is 1.84 bits per heavy atom. The van der Waals surface area contributed by atoms with Gasteiger partial charge in [0.25, 0.3) is 0 Å². The van der Waals surface area contributed by atoms with Crippen molar-refractivity contribution in [2.45, 2.75) is 65.5 Å². The number of anilines is 2. The number of nitrogens with zero attached hydrogens (tertiary/aromatic N) is 4. The van der Waals surface area contributed by atoms with E-state index in [1.807, 2.05) is 32.9 Å². The molecule has 2 aliphatic heterocycles. The van der Waals surface area contributed by atoms with Gasteiger partial charge in [0.15, 0.2) is 5.82 Å². The Labute approximate surface area is 229 Å². The van der Waals surface area contributed by atoms with Crippen LogP contribution >= 0.6 is 23.2 Å². The zero-order chi connectivity index (χ0) is 26.5. The van der Waals surface area contributed by atoms with Gasteiger partial charge in [-0.3, -0.25) is 4.79 Å². The minimum Gasteiger partial charge on any atom is -0.481 e. The molecule has 1 aromatic carbocycles. The van der Waals surface area contributed by atoms with Gasteiger partial charge in [-0.25, -0.2) is 4.98 Å². The van der Waals surface area contributed by atoms with Gasteiger partial charge in [0.1, 0.15) is 5.02 Å². The molecule has 0 bridgehead atoms. The molecule has 3 heterocycles. The highest BCUT2D eigenvalue weighted by Crippen LogP contribution is 2.46. The van der Waals surface area contributed by atoms with Gasteiger partial charge in [-0.05, 0) is 89.0 Å². The van der Waals surface area contributed by atoms with Crippen molar-refractivity contribution in [2.24, 2.45) is 17.3 Å². The summed E-state index contributed by atoms with van der Waals surface area (Å²) in [5.74, 6) is 1.93. The summed E-state index contributed by atoms with van der Waals surface area (Å²) in [7, 11) is 0. The summed E-state index contributed by atoms with van der Waals surface area (Å²) in [6.45, 7) is 11.9. The van der Waals surface area contributed by atoms with E-state index in [1.54, 1.807) is 0 Å². The molecule has 2 saturated heterocycles. The fourth-order valence-electron chi connectivity index (χ4n) is 6.35. The minimum atomic E-state index is -0.658. The number of halogens is 2. The second-order valence-electron chi connectivity index (χ2n) is 11.6. The zero-order valence-corrected chi connectivity index (χ0v) is 23.6. The third kappa shape index (κ3) is 5.27. The summed E-state index contributed by atoms with van der Waals surface area (Å²) in [4.78, 5) is 25.9. The quantitative estimate of drug-likeness (QED) is 0.443. The topological polar surface area (TPSA) is 81.6 Å². The van der Waals surface area contributed by atoms with Gasteiger partial charge in [-0.1, -0.05) is 35.3 Å². The van der Waals surface area contributed by atoms with Crippen LogP contribution in [0.15, 0.2) is 18.2 Å². The maximum atomic E-state index is 11.5. The number of nitrogens with one attached hydrogen (secondary N) is 1. The number of aliphatic carboxylic acids is 1. The second kappa shape index (κ2) is 10.2. The molecule has 7 nitrogen and oxygen atoms in total. The molecule has 3 atom stereocenters. The molecule has 2 aromatic rings. The first-order valence-corrected chi connectivity index (χ1v) is 14.1. The molecule has 3 fully saturated rings. The van der Waals surface area contributed by atoms with E-state index in [2.05, 4.69) is 28.1 Å². The SMILES string of the molecule is Cc1ccc(C(C)Nc2nc(N3CCC(C4CCN(C5CC(C)(C(=O)O)C5)C4)C3)nc(C)c2Cl)c(Cl)c1. The second-order valence-corrected chi connectivity index (χ2v) is 12.4. The zero-order valence-electron chi connectivity index (χ0n) is 22.1. The van der Waals surface area contributed by atoms with Crippen LogP contribution in [0.2, 0.25) is 10.0 Å². The number of benzene rings is 1. The van der Waals surface area contributed by atoms with Crippen LogP contribution in [-0.2, 0) is 4.79 Å². The molecule has 37 heavy (non-hydrogen) atoms. The van der Waals surface area contributed by atoms with E-state index >= 15 is 0 Å². The van der Waals surface area contributed by atoms with Crippen molar-refractivity contribution < 1.29 is 9.90 Å². The maximum absolute atomic E-state index is 11.5. The first-order valence-electron chi connectivity index (χ1n) is 13.3. The molecular weight excluding hydrogens is 509 g/mol. The van der Waals surface area contributed by atoms with Crippen LogP contribution in [0.25, 0.3) is 0 Å². The highest BCUT2D eigenvalue weighted by molar-refractivity contribution is 6.33. The number of carboxylic acids is 1. The van der Waals surface area contributed by atoms with Crippen molar-refractivity contribution in [3.8, 4) is 0 Å². The highest BCUT2D eigenvalue weighted by Gasteiger charge is 2.50. The maximum Gasteiger partial charge on any atom is 0.309 e. The van der Waals surface area contributed by atoms with Crippen molar-refractivity contribution in [1.29, 1.82) is 0 Å². The summed E-state index contributed by atoms with van der Waals surface area (Å²) in [5.41, 5.74) is 2.35. The van der Waals surface area contributed by atoms with Gasteiger partial charge in [0.05, 0.1) is 17.2 Å². The van der Waals surface area contributed by atoms with Gasteiger partial charge in [0.2, 0.25) is 5.95 Å². The average Bonchev–Trinajstić information content (AvgIpc) is 3.49. The largest absolute Gasteiger partial charge is 0.481 e. The van der Waals surface area contributed by atoms with Crippen molar-refractivity contribution in [3.05, 3.63) is 45.1 Å². The van der Waals surface area contributed by atoms with E-state index in [1.165, 1.54) is 6.42 Å². The molecule has 3 aliphatic rings. The first-order chi connectivity index (χ1) is 17.5. The predicted octanol–water partition coefficient (Wildman–Crippen LogP) is 5.97. The molecule has 1 aromatic heterocycles. The Bertz CT molecular complexity index is 1190. The van der Waals surface area contributed by atoms with E-state index < -0.39 is 11.4 Å². The van der Waals surface area contributed by atoms with Crippen LogP contribution in [0.5, 0.6) is 0 Å². The Morgan fingerprint density at radius 3 is 2.54 bits per heavy atom. The monoisotopic (exact) mass is 545 g/mol. The first kappa shape index (κ1) is 26.5. The summed E-state index contributed by atoms with van der Waals surface area (Å²) in [6, 6.07) is 6.43. The number of aryl methyl sites for hydroxylation is 2. The summed E-state index contributed by atoms with van der Waals surface area (Å²) < 4.78 is 0. The summed E-state index contributed by atoms with van der Waals surface area (Å²) in [5, 5.41) is 14.2. The number of likely N-dealkylation sites (tertiary alicyclic amines) is 1. The van der Waals surface area contributed by atoms with Crippen LogP contribution in [-0.4, -0.2) is 58.2 Å². The van der Waals surface area contributed by atoms with Gasteiger partial charge in [0, 0.05) is 30.7 Å². The molecule has 200 valence electrons. The van der Waals surface area contributed by atoms with Crippen LogP contribution in [0.3, 0.4) is 0 Å². The Balaban J connectivity index is 1.22. The van der Waals surface area contributed by atoms with Gasteiger partial charge in [-0.2, -0.15) is 4.98 Å². The average molecular weight is 547 g/mol. The molecule has 2 N–H and O–H groups in total. The van der Waals surface area contributed by atoms with E-state index in [4.69, 9.17) is 33.2 Å². The molecule has 0 radical (unpaired) electrons. The third-order valence-corrected chi connectivity index (χ3v) is 9.60. The van der Waals surface area contributed by atoms with E-state index in [9.17, 15) is 9.90 Å². The van der Waals surface area contributed by atoms with E-state index in [0.717, 1.165) is 73.2 Å². The van der Waals surface area contributed by atoms with E-state index in [-0.39, 0.29) is 6.04 Å². The van der Waals surface area contributed by atoms with Crippen molar-refractivity contribution in [2.75, 3.05) is 36.4 Å². The Morgan fingerprint density at radius 1 is 1.14 bits per heavy atom. The molecular formula is C28H37Cl2N5O2. The van der Waals surface area contributed by atoms with Crippen molar-refractivity contribution in [3.63, 3.8) is 0 Å². The summed E-state index contributed by atoms with van der Waals surface area (Å²) >= 11 is 13.1. The van der Waals surface area contributed by atoms with Crippen molar-refractivity contribution >= 4 is 40.9 Å². The number of carboxylic acid groups (broad SMARTS) is 1. The normalized spacial score (nSPS) is 28.8. The Kier molecular flexibility index (Phi) is 7.33. The fourth-order valence-corrected chi connectivity index (χ4v) is 6.88. The van der Waals surface area contributed by atoms with Crippen LogP contribution < -0.4 is 10.2 Å². The standard InChI is InChI=1S/C28H37Cl2N5O2/c1-16-5-6-22(23(29)11-16)17(2)31-25-24(30)18(3)32-27(33-25)35-10-8-20(15-35)19-7-9-34(14-19)21-12-28(4,13-21)26(36)37/h5-6,11,17,19-21H,7-10,12-15H2,1-4H3,(H,36,37)(H,31,32,33). The molecule has 3 unspecified atom stereocenters. The van der Waals surface area contributed by atoms with Crippen LogP contribution in [0.4, 0.5) is 11.8 Å². The van der Waals surface area contributed by atoms with Crippen LogP contribution in [0.1, 0.15) is 62.4 Å². The molecule has 9 heteroatoms. The van der Waals surface area contributed by atoms with E-state index in [0.29, 0.717) is 28.7 Å². The lowest BCUT2D eigenvalue weighted by atomic mass is 9.66. The molecule has 5 rings (SSSR count). The number of rotatable bonds is 7. The third-order valence-electron chi connectivity index (χ3n) is 8.82. The van der Waals surface area contributed by atoms with Gasteiger partial charge >= 0.3 is 5.97 Å². The van der Waals surface area contributed by atoms with Gasteiger partial charge in [-0.15, -0.1) is 0 Å². The number of aromatic nitrogens is 2. The lowest BCUT2D eigenvalue weighted by Gasteiger charge is -2.46. The lowest BCUT2D eigenvalue weighted by molar-refractivity contribution is -0.157. The fraction of sp³-hybridized carbons (Fsp3) is 0.607. The highest BCUT2D eigenvalue weighted by atomic mass is 35.5. The minimum absolute atomic E-state index is 0.0574. The molecule has 1 aliphatic carbocycles. The predicted molar refractivity (Wildman–Crippen MR) is 149 cm³/mol. The van der Waals surface area contributed by atoms with Crippen molar-refractivity contribution in [1.82, 2.24) is 14.9 Å². The number of hydrogen-bond donors (Lipinski definition) is 2. The molecule has 1 saturated carbocycles. The molecule has 0 spiro atoms. The summed E-state index contributed by atoms with van der Waals surface area (Å²) in [6.07, 6.45) is 3.84. The van der Waals surface area contributed by atoms with Crippen LogP contribution in [0, 0.1) is 31.1 Å². The lowest BCUT2D eigenvalue weighted by Crippen LogP contribution is -2.52.